The van der Waals surface area contributed by atoms with E-state index < -0.39 is 104 Å². The molecule has 79 heavy (non-hydrogen) atoms. The summed E-state index contributed by atoms with van der Waals surface area (Å²) < 4.78 is 127. The van der Waals surface area contributed by atoms with Crippen LogP contribution >= 0.6 is 23.4 Å². The number of anilines is 2. The number of allylic oxidation sites excluding steroid dienone is 6. The molecule has 432 valence electrons. The van der Waals surface area contributed by atoms with Crippen molar-refractivity contribution in [3.05, 3.63) is 100 Å². The second-order valence-corrected chi connectivity index (χ2v) is 27.1. The van der Waals surface area contributed by atoms with E-state index in [2.05, 4.69) is 38.3 Å². The Morgan fingerprint density at radius 3 is 2.24 bits per heavy atom. The number of hydrogen-bond acceptors (Lipinski definition) is 19. The number of ether oxygens (including phenoxy) is 1. The Morgan fingerprint density at radius 1 is 0.899 bits per heavy atom. The Hall–Kier alpha value is -5.14. The van der Waals surface area contributed by atoms with E-state index in [0.717, 1.165) is 33.6 Å². The fraction of sp³-hybridized carbons (Fsp3) is 0.444. The Balaban J connectivity index is 0.882. The van der Waals surface area contributed by atoms with Gasteiger partial charge in [0.15, 0.2) is 23.1 Å². The number of unbranched alkanes of at least 4 members (excludes halogenated alkanes) is 2. The van der Waals surface area contributed by atoms with Crippen LogP contribution in [0, 0.1) is 0 Å². The molecule has 0 saturated carbocycles. The van der Waals surface area contributed by atoms with Gasteiger partial charge in [-0.1, -0.05) is 32.1 Å². The largest absolute Gasteiger partial charge is 0.489 e. The van der Waals surface area contributed by atoms with Gasteiger partial charge in [0, 0.05) is 67.0 Å². The lowest BCUT2D eigenvalue weighted by atomic mass is 9.81. The molecule has 34 heteroatoms. The van der Waals surface area contributed by atoms with Gasteiger partial charge in [0.1, 0.15) is 24.9 Å². The van der Waals surface area contributed by atoms with Crippen molar-refractivity contribution in [2.45, 2.75) is 105 Å². The van der Waals surface area contributed by atoms with Gasteiger partial charge in [0.25, 0.3) is 25.8 Å². The highest BCUT2D eigenvalue weighted by Gasteiger charge is 2.48. The van der Waals surface area contributed by atoms with Crippen molar-refractivity contribution in [1.82, 2.24) is 29.9 Å². The number of phosphoric acid groups is 2. The van der Waals surface area contributed by atoms with Crippen LogP contribution in [0.1, 0.15) is 77.7 Å². The number of nitrogens with zero attached hydrogens (tertiary/aromatic N) is 5. The summed E-state index contributed by atoms with van der Waals surface area (Å²) in [6.07, 6.45) is 5.28. The Labute approximate surface area is 452 Å². The number of carbonyl (C=O) groups excluding carboxylic acids is 1. The maximum Gasteiger partial charge on any atom is 0.489 e. The average molecular weight is 1210 g/mol. The predicted molar refractivity (Wildman–Crippen MR) is 283 cm³/mol. The lowest BCUT2D eigenvalue weighted by Gasteiger charge is -2.25. The molecule has 1 fully saturated rings. The van der Waals surface area contributed by atoms with Crippen LogP contribution in [-0.2, 0) is 67.4 Å². The molecule has 5 heterocycles. The van der Waals surface area contributed by atoms with Gasteiger partial charge >= 0.3 is 23.4 Å². The summed E-state index contributed by atoms with van der Waals surface area (Å²) in [6, 6.07) is 8.89. The molecule has 29 nitrogen and oxygen atoms in total. The van der Waals surface area contributed by atoms with Crippen LogP contribution in [0.3, 0.4) is 0 Å². The lowest BCUT2D eigenvalue weighted by Crippen LogP contribution is -2.33. The molecule has 3 aliphatic rings. The Morgan fingerprint density at radius 2 is 1.57 bits per heavy atom. The normalized spacial score (nSPS) is 22.9. The second-order valence-electron chi connectivity index (χ2n) is 19.4. The van der Waals surface area contributed by atoms with Crippen LogP contribution < -0.4 is 26.6 Å². The van der Waals surface area contributed by atoms with Crippen molar-refractivity contribution in [2.75, 3.05) is 43.4 Å². The zero-order valence-corrected chi connectivity index (χ0v) is 47.3. The molecule has 2 aromatic heterocycles. The maximum absolute atomic E-state index is 12.7. The molecule has 2 aromatic carbocycles. The first-order valence-electron chi connectivity index (χ1n) is 24.2. The number of aromatic nitrogens is 4. The van der Waals surface area contributed by atoms with Crippen molar-refractivity contribution in [3.8, 4) is 0 Å². The van der Waals surface area contributed by atoms with Crippen molar-refractivity contribution in [1.29, 1.82) is 0 Å². The molecule has 12 N–H and O–H groups in total. The molecule has 3 unspecified atom stereocenters. The summed E-state index contributed by atoms with van der Waals surface area (Å²) in [5.41, 5.74) is 7.81. The molecule has 0 bridgehead atoms. The molecule has 1 amide bonds. The summed E-state index contributed by atoms with van der Waals surface area (Å²) >= 11 is 0. The number of nitrogens with two attached hydrogens (primary N) is 1. The van der Waals surface area contributed by atoms with Crippen LogP contribution in [-0.4, -0.2) is 138 Å². The number of hydrogen-bond donors (Lipinski definition) is 11. The monoisotopic (exact) mass is 1200 g/mol. The fourth-order valence-corrected chi connectivity index (χ4v) is 14.2. The molecule has 7 atom stereocenters. The minimum Gasteiger partial charge on any atom is -0.387 e. The topological polar surface area (TPSA) is 435 Å². The predicted octanol–water partition coefficient (Wildman–Crippen LogP) is 3.32. The van der Waals surface area contributed by atoms with E-state index in [0.29, 0.717) is 43.6 Å². The number of carbonyl (C=O) groups is 1. The molecule has 1 saturated heterocycles. The minimum atomic E-state index is -5.87. The molecule has 0 radical (unpaired) electrons. The van der Waals surface area contributed by atoms with Crippen molar-refractivity contribution in [2.24, 2.45) is 0 Å². The smallest absolute Gasteiger partial charge is 0.387 e. The number of nitrogens with one attached hydrogen (secondary N) is 3. The zero-order chi connectivity index (χ0) is 58.3. The van der Waals surface area contributed by atoms with Crippen molar-refractivity contribution >= 4 is 83.7 Å². The van der Waals surface area contributed by atoms with E-state index in [4.69, 9.17) is 10.5 Å². The number of benzene rings is 2. The number of imidazole rings is 1. The van der Waals surface area contributed by atoms with Gasteiger partial charge in [-0.05, 0) is 75.6 Å². The molecule has 4 aromatic rings. The fourth-order valence-electron chi connectivity index (χ4n) is 9.52. The van der Waals surface area contributed by atoms with E-state index in [1.165, 1.54) is 24.3 Å². The number of H-pyrrole nitrogens is 1. The highest BCUT2D eigenvalue weighted by atomic mass is 32.2. The Bertz CT molecular complexity index is 3600. The number of aliphatic hydroxyl groups is 2. The van der Waals surface area contributed by atoms with Crippen LogP contribution in [0.5, 0.6) is 0 Å². The molecule has 0 spiro atoms. The number of fused-ring (bicyclic) bond motifs is 3. The van der Waals surface area contributed by atoms with Gasteiger partial charge < -0.3 is 45.6 Å². The van der Waals surface area contributed by atoms with Crippen molar-refractivity contribution in [3.63, 3.8) is 0 Å². The van der Waals surface area contributed by atoms with Crippen molar-refractivity contribution < 1.29 is 91.8 Å². The maximum atomic E-state index is 12.7. The first kappa shape index (κ1) is 61.5. The van der Waals surface area contributed by atoms with E-state index in [1.807, 2.05) is 74.7 Å². The number of amides is 1. The number of nitrogen functional groups attached to an aromatic ring is 1. The van der Waals surface area contributed by atoms with Crippen LogP contribution in [0.4, 0.5) is 17.3 Å². The van der Waals surface area contributed by atoms with Gasteiger partial charge in [-0.3, -0.25) is 32.8 Å². The SMILES string of the molecule is CCN1\C(=C/C=C\C=C\C2=[N+](CCCCCC(=O)NCCNP(=O)(O)OP(=O)(O)OP(=O)(O)OC[C@H]3O[C@@H](n4cnc5c(=O)[nH]c(N)nc54)[C@H](O)[C@@H]3O)c3ccc(S(=O)(=O)O)cc3C2(C)C)C(C)(C)c2cc(S(=O)(=O)O)ccc21. The van der Waals surface area contributed by atoms with E-state index in [-0.39, 0.29) is 39.9 Å². The number of aliphatic hydroxyl groups excluding tert-OH is 2. The quantitative estimate of drug-likeness (QED) is 0.0158. The molecule has 3 aliphatic heterocycles. The first-order chi connectivity index (χ1) is 36.7. The molecular formula is C45H61N9O20P3S2+. The summed E-state index contributed by atoms with van der Waals surface area (Å²) in [5.74, 6) is -0.755. The third-order valence-electron chi connectivity index (χ3n) is 13.3. The number of rotatable bonds is 24. The van der Waals surface area contributed by atoms with Gasteiger partial charge in [-0.15, -0.1) is 0 Å². The second kappa shape index (κ2) is 23.4. The van der Waals surface area contributed by atoms with E-state index in [9.17, 15) is 74.1 Å². The minimum absolute atomic E-state index is 0.0326. The summed E-state index contributed by atoms with van der Waals surface area (Å²) in [7, 11) is -25.7. The number of aromatic amines is 1. The number of phosphoric ester groups is 1. The third kappa shape index (κ3) is 14.0. The third-order valence-corrected chi connectivity index (χ3v) is 19.5. The zero-order valence-electron chi connectivity index (χ0n) is 43.0. The Kier molecular flexibility index (Phi) is 18.2. The van der Waals surface area contributed by atoms with Gasteiger partial charge in [0.2, 0.25) is 17.5 Å². The first-order valence-corrected chi connectivity index (χ1v) is 31.7. The molecule has 7 rings (SSSR count). The van der Waals surface area contributed by atoms with Crippen LogP contribution in [0.2, 0.25) is 0 Å². The molecule has 0 aliphatic carbocycles. The van der Waals surface area contributed by atoms with Gasteiger partial charge in [-0.25, -0.2) is 23.8 Å². The van der Waals surface area contributed by atoms with E-state index in [1.54, 1.807) is 12.1 Å². The number of likely N-dealkylation sites (N-methyl/N-ethyl adjacent to an activating group) is 1. The van der Waals surface area contributed by atoms with Gasteiger partial charge in [-0.2, -0.15) is 35.0 Å². The lowest BCUT2D eigenvalue weighted by molar-refractivity contribution is -0.438. The standard InChI is InChI=1S/C45H60N9O20P3S2/c1-6-52-31-18-16-27(78(65,66)67)23-29(31)44(2,3)34(52)13-9-7-10-14-35-45(4,5)30-24-28(79(68,69)70)17-19-32(30)53(35)22-12-8-11-15-36(55)47-20-21-49-75(59,60)73-77(63,64)74-76(61,62)71-25-33-38(56)39(57)42(72-33)54-26-48-37-40(54)50-43(46)51-41(37)58/h7,9-10,13-14,16-19,23-24,26,33,38-39,42,56-57H,6,8,11-12,15,20-22,25H2,1-5H3,(H9-,46,47,49,50,51,55,58,59,60,61,62,63,64,65,66,67,68,69,70)/p+1/t33-,38-,39-,42-/m1/s1. The summed E-state index contributed by atoms with van der Waals surface area (Å²) in [4.78, 5) is 66.8. The van der Waals surface area contributed by atoms with Crippen LogP contribution in [0.25, 0.3) is 11.2 Å². The highest BCUT2D eigenvalue weighted by Crippen LogP contribution is 2.66. The summed E-state index contributed by atoms with van der Waals surface area (Å²) in [6.45, 7) is 8.92. The van der Waals surface area contributed by atoms with Crippen LogP contribution in [0.15, 0.2) is 93.4 Å². The van der Waals surface area contributed by atoms with E-state index >= 15 is 0 Å². The highest BCUT2D eigenvalue weighted by molar-refractivity contribution is 7.86. The molecular weight excluding hydrogens is 1140 g/mol. The summed E-state index contributed by atoms with van der Waals surface area (Å²) in [5, 5.41) is 25.5. The van der Waals surface area contributed by atoms with Gasteiger partial charge in [0.05, 0.1) is 28.1 Å². The average Bonchev–Trinajstić information content (AvgIpc) is 4.23.